The van der Waals surface area contributed by atoms with E-state index in [0.29, 0.717) is 11.4 Å². The summed E-state index contributed by atoms with van der Waals surface area (Å²) in [5.74, 6) is 0.609. The number of nitrogens with one attached hydrogen (secondary N) is 1. The first-order valence-electron chi connectivity index (χ1n) is 9.55. The lowest BCUT2D eigenvalue weighted by Crippen LogP contribution is -2.87. The number of methoxy groups -OCH3 is 1. The molecule has 3 aromatic rings. The molecular weight excluding hydrogens is 348 g/mol. The molecule has 4 heteroatoms. The van der Waals surface area contributed by atoms with Crippen molar-refractivity contribution in [2.75, 3.05) is 19.0 Å². The predicted octanol–water partition coefficient (Wildman–Crippen LogP) is 3.49. The van der Waals surface area contributed by atoms with Gasteiger partial charge in [0.05, 0.1) is 19.3 Å². The van der Waals surface area contributed by atoms with Crippen LogP contribution in [0.1, 0.15) is 22.7 Å². The van der Waals surface area contributed by atoms with Crippen LogP contribution in [0.15, 0.2) is 78.9 Å². The zero-order chi connectivity index (χ0) is 19.8. The Morgan fingerprint density at radius 2 is 1.68 bits per heavy atom. The molecular formula is C24H27N2O2+. The summed E-state index contributed by atoms with van der Waals surface area (Å²) in [5.41, 5.74) is 4.02. The molecule has 28 heavy (non-hydrogen) atoms. The summed E-state index contributed by atoms with van der Waals surface area (Å²) in [5, 5.41) is 5.15. The molecule has 0 saturated carbocycles. The molecule has 0 aromatic heterocycles. The second kappa shape index (κ2) is 9.72. The minimum Gasteiger partial charge on any atom is -0.495 e. The summed E-state index contributed by atoms with van der Waals surface area (Å²) in [4.78, 5) is 13.1. The smallest absolute Gasteiger partial charge is 0.287 e. The Bertz CT molecular complexity index is 895. The van der Waals surface area contributed by atoms with Gasteiger partial charge in [-0.05, 0) is 30.2 Å². The zero-order valence-corrected chi connectivity index (χ0v) is 16.4. The third kappa shape index (κ3) is 5.21. The van der Waals surface area contributed by atoms with Crippen molar-refractivity contribution in [1.82, 2.24) is 0 Å². The molecule has 1 amide bonds. The number of rotatable bonds is 8. The second-order valence-electron chi connectivity index (χ2n) is 6.84. The average molecular weight is 375 g/mol. The Hall–Kier alpha value is -3.11. The van der Waals surface area contributed by atoms with Crippen molar-refractivity contribution in [2.45, 2.75) is 19.4 Å². The lowest BCUT2D eigenvalue weighted by Gasteiger charge is -2.17. The molecule has 0 bridgehead atoms. The fraction of sp³-hybridized carbons (Fsp3) is 0.208. The lowest BCUT2D eigenvalue weighted by atomic mass is 10.0. The highest BCUT2D eigenvalue weighted by atomic mass is 16.5. The maximum atomic E-state index is 13.1. The van der Waals surface area contributed by atoms with Crippen molar-refractivity contribution in [3.8, 4) is 5.75 Å². The van der Waals surface area contributed by atoms with Crippen molar-refractivity contribution in [3.63, 3.8) is 0 Å². The third-order valence-corrected chi connectivity index (χ3v) is 4.73. The molecule has 0 unspecified atom stereocenters. The van der Waals surface area contributed by atoms with Crippen LogP contribution in [-0.2, 0) is 11.2 Å². The summed E-state index contributed by atoms with van der Waals surface area (Å²) in [6.45, 7) is 2.82. The lowest BCUT2D eigenvalue weighted by molar-refractivity contribution is -0.682. The van der Waals surface area contributed by atoms with E-state index in [2.05, 4.69) is 22.8 Å². The van der Waals surface area contributed by atoms with Crippen molar-refractivity contribution >= 4 is 11.6 Å². The molecule has 3 aromatic carbocycles. The van der Waals surface area contributed by atoms with Gasteiger partial charge < -0.3 is 15.4 Å². The standard InChI is InChI=1S/C24H26N2O2/c1-18-13-14-22(28-2)21(17-18)26-24(27)23(20-11-7-4-8-12-20)25-16-15-19-9-5-3-6-10-19/h3-14,17,23,25H,15-16H2,1-2H3,(H,26,27)/p+1/t23-/m1/s1. The molecule has 3 rings (SSSR count). The second-order valence-corrected chi connectivity index (χ2v) is 6.84. The zero-order valence-electron chi connectivity index (χ0n) is 16.4. The summed E-state index contributed by atoms with van der Waals surface area (Å²) in [6.07, 6.45) is 0.908. The third-order valence-electron chi connectivity index (χ3n) is 4.73. The number of carbonyl (C=O) groups excluding carboxylic acids is 1. The first-order chi connectivity index (χ1) is 13.7. The summed E-state index contributed by atoms with van der Waals surface area (Å²) in [7, 11) is 1.61. The number of ether oxygens (including phenoxy) is 1. The number of benzene rings is 3. The molecule has 144 valence electrons. The van der Waals surface area contributed by atoms with Crippen molar-refractivity contribution in [3.05, 3.63) is 95.6 Å². The molecule has 0 aliphatic carbocycles. The SMILES string of the molecule is COc1ccc(C)cc1NC(=O)[C@H]([NH2+]CCc1ccccc1)c1ccccc1. The van der Waals surface area contributed by atoms with Gasteiger partial charge in [-0.25, -0.2) is 0 Å². The normalized spacial score (nSPS) is 11.6. The quantitative estimate of drug-likeness (QED) is 0.633. The van der Waals surface area contributed by atoms with Crippen LogP contribution in [0.3, 0.4) is 0 Å². The monoisotopic (exact) mass is 375 g/mol. The summed E-state index contributed by atoms with van der Waals surface area (Å²) >= 11 is 0. The highest BCUT2D eigenvalue weighted by molar-refractivity contribution is 5.95. The van der Waals surface area contributed by atoms with Gasteiger partial charge in [0.25, 0.3) is 5.91 Å². The van der Waals surface area contributed by atoms with E-state index in [4.69, 9.17) is 4.74 Å². The van der Waals surface area contributed by atoms with E-state index in [1.54, 1.807) is 7.11 Å². The van der Waals surface area contributed by atoms with E-state index >= 15 is 0 Å². The molecule has 0 radical (unpaired) electrons. The highest BCUT2D eigenvalue weighted by Crippen LogP contribution is 2.26. The van der Waals surface area contributed by atoms with E-state index in [0.717, 1.165) is 24.1 Å². The van der Waals surface area contributed by atoms with E-state index in [1.165, 1.54) is 5.56 Å². The fourth-order valence-electron chi connectivity index (χ4n) is 3.25. The van der Waals surface area contributed by atoms with E-state index in [-0.39, 0.29) is 11.9 Å². The topological polar surface area (TPSA) is 54.9 Å². The van der Waals surface area contributed by atoms with Crippen molar-refractivity contribution in [2.24, 2.45) is 0 Å². The average Bonchev–Trinajstić information content (AvgIpc) is 2.73. The molecule has 0 heterocycles. The molecule has 3 N–H and O–H groups in total. The van der Waals surface area contributed by atoms with Crippen molar-refractivity contribution < 1.29 is 14.8 Å². The Balaban J connectivity index is 1.75. The number of anilines is 1. The van der Waals surface area contributed by atoms with Crippen LogP contribution in [0, 0.1) is 6.92 Å². The molecule has 0 aliphatic rings. The minimum absolute atomic E-state index is 0.0526. The van der Waals surface area contributed by atoms with Crippen molar-refractivity contribution in [1.29, 1.82) is 0 Å². The van der Waals surface area contributed by atoms with Gasteiger partial charge in [-0.2, -0.15) is 0 Å². The number of amides is 1. The number of nitrogens with two attached hydrogens (primary N) is 1. The predicted molar refractivity (Wildman–Crippen MR) is 112 cm³/mol. The first-order valence-corrected chi connectivity index (χ1v) is 9.55. The number of hydrogen-bond donors (Lipinski definition) is 2. The minimum atomic E-state index is -0.324. The van der Waals surface area contributed by atoms with Crippen LogP contribution in [-0.4, -0.2) is 19.6 Å². The van der Waals surface area contributed by atoms with Crippen LogP contribution < -0.4 is 15.4 Å². The molecule has 0 aliphatic heterocycles. The van der Waals surface area contributed by atoms with Gasteiger partial charge in [0.15, 0.2) is 6.04 Å². The number of aryl methyl sites for hydroxylation is 1. The van der Waals surface area contributed by atoms with Crippen LogP contribution in [0.2, 0.25) is 0 Å². The van der Waals surface area contributed by atoms with Gasteiger partial charge in [-0.15, -0.1) is 0 Å². The van der Waals surface area contributed by atoms with Gasteiger partial charge in [-0.3, -0.25) is 4.79 Å². The fourth-order valence-corrected chi connectivity index (χ4v) is 3.25. The molecule has 0 fully saturated rings. The van der Waals surface area contributed by atoms with Crippen LogP contribution >= 0.6 is 0 Å². The Labute approximate surface area is 166 Å². The van der Waals surface area contributed by atoms with E-state index in [9.17, 15) is 4.79 Å². The molecule has 0 saturated heterocycles. The van der Waals surface area contributed by atoms with Gasteiger partial charge in [-0.1, -0.05) is 66.7 Å². The summed E-state index contributed by atoms with van der Waals surface area (Å²) in [6, 6.07) is 25.7. The highest BCUT2D eigenvalue weighted by Gasteiger charge is 2.24. The van der Waals surface area contributed by atoms with E-state index in [1.807, 2.05) is 73.7 Å². The van der Waals surface area contributed by atoms with Crippen LogP contribution in [0.25, 0.3) is 0 Å². The van der Waals surface area contributed by atoms with Gasteiger partial charge >= 0.3 is 0 Å². The van der Waals surface area contributed by atoms with Crippen LogP contribution in [0.5, 0.6) is 5.75 Å². The molecule has 1 atom stereocenters. The molecule has 4 nitrogen and oxygen atoms in total. The first kappa shape index (κ1) is 19.6. The number of hydrogen-bond acceptors (Lipinski definition) is 2. The number of carbonyl (C=O) groups is 1. The summed E-state index contributed by atoms with van der Waals surface area (Å²) < 4.78 is 5.40. The Morgan fingerprint density at radius 3 is 2.36 bits per heavy atom. The Kier molecular flexibility index (Phi) is 6.82. The van der Waals surface area contributed by atoms with Gasteiger partial charge in [0.1, 0.15) is 5.75 Å². The largest absolute Gasteiger partial charge is 0.495 e. The maximum Gasteiger partial charge on any atom is 0.287 e. The van der Waals surface area contributed by atoms with Gasteiger partial charge in [0, 0.05) is 12.0 Å². The maximum absolute atomic E-state index is 13.1. The number of quaternary nitrogens is 1. The van der Waals surface area contributed by atoms with E-state index < -0.39 is 0 Å². The van der Waals surface area contributed by atoms with Crippen LogP contribution in [0.4, 0.5) is 5.69 Å². The molecule has 0 spiro atoms. The Morgan fingerprint density at radius 1 is 1.00 bits per heavy atom. The van der Waals surface area contributed by atoms with Gasteiger partial charge in [0.2, 0.25) is 0 Å².